The number of aromatic nitrogens is 3. The van der Waals surface area contributed by atoms with Gasteiger partial charge in [0, 0.05) is 0 Å². The van der Waals surface area contributed by atoms with Crippen molar-refractivity contribution in [3.05, 3.63) is 33.1 Å². The number of nitrogens with zero attached hydrogens (tertiary/aromatic N) is 1. The van der Waals surface area contributed by atoms with Gasteiger partial charge in [-0.15, -0.1) is 0 Å². The van der Waals surface area contributed by atoms with Gasteiger partial charge in [0.15, 0.2) is 0 Å². The maximum atomic E-state index is 12.0. The summed E-state index contributed by atoms with van der Waals surface area (Å²) in [6.07, 6.45) is 17.9. The van der Waals surface area contributed by atoms with E-state index in [1.54, 1.807) is 0 Å². The van der Waals surface area contributed by atoms with E-state index >= 15 is 0 Å². The second kappa shape index (κ2) is 15.6. The van der Waals surface area contributed by atoms with Crippen LogP contribution >= 0.6 is 0 Å². The standard InChI is InChI=1S/C24H41N3O4/c1-4-5-6-7-8-9-10-11-12-13-14-15-16-21(27-24(31)25-23(30)26-27)17-18-22(19(2)28)20(3)29/h11-12,21-22H,4-10,13-18H2,1-3H3,(H2,25,26,30,31)/b12-11-. The fraction of sp³-hybridized carbons (Fsp3) is 0.750. The molecule has 0 saturated carbocycles. The van der Waals surface area contributed by atoms with E-state index in [2.05, 4.69) is 29.2 Å². The molecule has 1 aromatic heterocycles. The smallest absolute Gasteiger partial charge is 0.299 e. The molecule has 0 spiro atoms. The highest BCUT2D eigenvalue weighted by molar-refractivity contribution is 6.00. The zero-order valence-electron chi connectivity index (χ0n) is 19.6. The van der Waals surface area contributed by atoms with E-state index in [-0.39, 0.29) is 17.6 Å². The second-order valence-corrected chi connectivity index (χ2v) is 8.56. The van der Waals surface area contributed by atoms with E-state index in [1.165, 1.54) is 57.1 Å². The third-order valence-electron chi connectivity index (χ3n) is 5.85. The number of H-pyrrole nitrogens is 2. The molecular formula is C24H41N3O4. The molecule has 0 fully saturated rings. The Morgan fingerprint density at radius 1 is 0.839 bits per heavy atom. The van der Waals surface area contributed by atoms with E-state index in [0.717, 1.165) is 25.7 Å². The molecule has 0 aliphatic carbocycles. The molecule has 0 amide bonds. The maximum absolute atomic E-state index is 12.0. The minimum absolute atomic E-state index is 0.156. The van der Waals surface area contributed by atoms with Crippen LogP contribution in [0.25, 0.3) is 0 Å². The quantitative estimate of drug-likeness (QED) is 0.195. The van der Waals surface area contributed by atoms with Gasteiger partial charge in [0.25, 0.3) is 0 Å². The van der Waals surface area contributed by atoms with E-state index in [1.807, 2.05) is 0 Å². The number of hydrogen-bond donors (Lipinski definition) is 2. The number of carbonyl (C=O) groups excluding carboxylic acids is 2. The van der Waals surface area contributed by atoms with Crippen LogP contribution in [0.5, 0.6) is 0 Å². The Hall–Kier alpha value is -2.18. The molecule has 1 heterocycles. The lowest BCUT2D eigenvalue weighted by molar-refractivity contribution is -0.130. The van der Waals surface area contributed by atoms with Crippen LogP contribution in [0.3, 0.4) is 0 Å². The van der Waals surface area contributed by atoms with Gasteiger partial charge in [-0.2, -0.15) is 0 Å². The molecule has 7 nitrogen and oxygen atoms in total. The average Bonchev–Trinajstić information content (AvgIpc) is 3.04. The summed E-state index contributed by atoms with van der Waals surface area (Å²) >= 11 is 0. The zero-order chi connectivity index (χ0) is 23.1. The number of Topliss-reactive ketones (excluding diaryl/α,β-unsaturated/α-hetero) is 2. The Balaban J connectivity index is 2.43. The van der Waals surface area contributed by atoms with Crippen LogP contribution < -0.4 is 11.4 Å². The second-order valence-electron chi connectivity index (χ2n) is 8.56. The van der Waals surface area contributed by atoms with Crippen LogP contribution in [-0.2, 0) is 9.59 Å². The summed E-state index contributed by atoms with van der Waals surface area (Å²) in [5.41, 5.74) is -1.02. The number of hydrogen-bond acceptors (Lipinski definition) is 4. The van der Waals surface area contributed by atoms with Crippen LogP contribution in [0.4, 0.5) is 0 Å². The van der Waals surface area contributed by atoms with Crippen molar-refractivity contribution in [3.8, 4) is 0 Å². The number of allylic oxidation sites excluding steroid dienone is 2. The Morgan fingerprint density at radius 2 is 1.42 bits per heavy atom. The summed E-state index contributed by atoms with van der Waals surface area (Å²) < 4.78 is 1.31. The largest absolute Gasteiger partial charge is 0.344 e. The third kappa shape index (κ3) is 11.1. The van der Waals surface area contributed by atoms with Gasteiger partial charge in [-0.3, -0.25) is 14.6 Å². The molecule has 1 aromatic rings. The zero-order valence-corrected chi connectivity index (χ0v) is 19.6. The Morgan fingerprint density at radius 3 is 1.97 bits per heavy atom. The number of nitrogens with one attached hydrogen (secondary N) is 2. The number of rotatable bonds is 18. The topological polar surface area (TPSA) is 105 Å². The fourth-order valence-corrected chi connectivity index (χ4v) is 3.98. The molecule has 1 unspecified atom stereocenters. The Bertz CT molecular complexity index is 773. The van der Waals surface area contributed by atoms with Crippen LogP contribution in [0.1, 0.15) is 110 Å². The predicted octanol–water partition coefficient (Wildman–Crippen LogP) is 4.85. The highest BCUT2D eigenvalue weighted by Gasteiger charge is 2.23. The van der Waals surface area contributed by atoms with E-state index < -0.39 is 17.3 Å². The van der Waals surface area contributed by atoms with Crippen molar-refractivity contribution in [2.45, 2.75) is 110 Å². The van der Waals surface area contributed by atoms with E-state index in [0.29, 0.717) is 19.3 Å². The number of unbranched alkanes of at least 4 members (excludes halogenated alkanes) is 8. The summed E-state index contributed by atoms with van der Waals surface area (Å²) in [5, 5.41) is 2.53. The molecule has 0 bridgehead atoms. The normalized spacial score (nSPS) is 12.6. The summed E-state index contributed by atoms with van der Waals surface area (Å²) in [6, 6.07) is -0.236. The molecule has 7 heteroatoms. The molecular weight excluding hydrogens is 394 g/mol. The van der Waals surface area contributed by atoms with Gasteiger partial charge >= 0.3 is 11.4 Å². The first-order valence-corrected chi connectivity index (χ1v) is 11.9. The van der Waals surface area contributed by atoms with Crippen molar-refractivity contribution in [2.24, 2.45) is 5.92 Å². The highest BCUT2D eigenvalue weighted by atomic mass is 16.2. The minimum atomic E-state index is -0.645. The lowest BCUT2D eigenvalue weighted by atomic mass is 9.91. The summed E-state index contributed by atoms with van der Waals surface area (Å²) in [6.45, 7) is 5.07. The molecule has 0 radical (unpaired) electrons. The Labute approximate surface area is 185 Å². The van der Waals surface area contributed by atoms with Crippen LogP contribution in [0.15, 0.2) is 21.7 Å². The van der Waals surface area contributed by atoms with E-state index in [4.69, 9.17) is 0 Å². The first kappa shape index (κ1) is 26.9. The summed E-state index contributed by atoms with van der Waals surface area (Å²) in [5.74, 6) is -0.956. The van der Waals surface area contributed by atoms with Gasteiger partial charge in [-0.05, 0) is 58.8 Å². The molecule has 0 aliphatic heterocycles. The summed E-state index contributed by atoms with van der Waals surface area (Å²) in [4.78, 5) is 49.2. The van der Waals surface area contributed by atoms with E-state index in [9.17, 15) is 19.2 Å². The fourth-order valence-electron chi connectivity index (χ4n) is 3.98. The van der Waals surface area contributed by atoms with Gasteiger partial charge in [-0.25, -0.2) is 19.4 Å². The predicted molar refractivity (Wildman–Crippen MR) is 124 cm³/mol. The van der Waals surface area contributed by atoms with Crippen molar-refractivity contribution in [3.63, 3.8) is 0 Å². The van der Waals surface area contributed by atoms with Crippen LogP contribution in [0, 0.1) is 5.92 Å². The van der Waals surface area contributed by atoms with Gasteiger partial charge < -0.3 is 0 Å². The lowest BCUT2D eigenvalue weighted by Crippen LogP contribution is -2.26. The monoisotopic (exact) mass is 435 g/mol. The first-order chi connectivity index (χ1) is 14.9. The molecule has 0 aliphatic rings. The third-order valence-corrected chi connectivity index (χ3v) is 5.85. The number of aromatic amines is 2. The number of ketones is 2. The highest BCUT2D eigenvalue weighted by Crippen LogP contribution is 2.23. The minimum Gasteiger partial charge on any atom is -0.299 e. The van der Waals surface area contributed by atoms with Crippen molar-refractivity contribution < 1.29 is 9.59 Å². The summed E-state index contributed by atoms with van der Waals surface area (Å²) in [7, 11) is 0. The lowest BCUT2D eigenvalue weighted by Gasteiger charge is -2.19. The van der Waals surface area contributed by atoms with Gasteiger partial charge in [-0.1, -0.05) is 57.6 Å². The van der Waals surface area contributed by atoms with Crippen molar-refractivity contribution >= 4 is 11.6 Å². The molecule has 31 heavy (non-hydrogen) atoms. The first-order valence-electron chi connectivity index (χ1n) is 11.9. The molecule has 176 valence electrons. The molecule has 2 N–H and O–H groups in total. The number of carbonyl (C=O) groups is 2. The Kier molecular flexibility index (Phi) is 13.5. The van der Waals surface area contributed by atoms with Gasteiger partial charge in [0.05, 0.1) is 12.0 Å². The SMILES string of the molecule is CCCCCCCC/C=C\CCCCC(CCC(C(C)=O)C(C)=O)n1[nH]c(=O)[nH]c1=O. The molecule has 1 rings (SSSR count). The average molecular weight is 436 g/mol. The van der Waals surface area contributed by atoms with Crippen molar-refractivity contribution in [1.82, 2.24) is 14.8 Å². The van der Waals surface area contributed by atoms with Crippen molar-refractivity contribution in [1.29, 1.82) is 0 Å². The van der Waals surface area contributed by atoms with Crippen LogP contribution in [-0.4, -0.2) is 26.3 Å². The van der Waals surface area contributed by atoms with Gasteiger partial charge in [0.1, 0.15) is 11.6 Å². The van der Waals surface area contributed by atoms with Gasteiger partial charge in [0.2, 0.25) is 0 Å². The maximum Gasteiger partial charge on any atom is 0.344 e. The molecule has 1 atom stereocenters. The van der Waals surface area contributed by atoms with Crippen molar-refractivity contribution in [2.75, 3.05) is 0 Å². The van der Waals surface area contributed by atoms with Crippen LogP contribution in [0.2, 0.25) is 0 Å². The molecule has 0 saturated heterocycles. The molecule has 0 aromatic carbocycles.